The number of aromatic carboxylic acids is 1. The molecule has 0 fully saturated rings. The smallest absolute Gasteiger partial charge is 0.337 e. The van der Waals surface area contributed by atoms with E-state index in [0.717, 1.165) is 26.2 Å². The van der Waals surface area contributed by atoms with Crippen molar-refractivity contribution in [3.05, 3.63) is 85.2 Å². The summed E-state index contributed by atoms with van der Waals surface area (Å²) >= 11 is 8.25. The number of carbonyl (C=O) groups is 2. The molecular formula is C21H17ClIN3O3. The van der Waals surface area contributed by atoms with E-state index in [0.29, 0.717) is 5.56 Å². The number of rotatable bonds is 5. The van der Waals surface area contributed by atoms with E-state index in [4.69, 9.17) is 16.7 Å². The van der Waals surface area contributed by atoms with Gasteiger partial charge in [0.1, 0.15) is 0 Å². The molecule has 0 unspecified atom stereocenters. The lowest BCUT2D eigenvalue weighted by Crippen LogP contribution is -2.17. The molecule has 1 amide bonds. The van der Waals surface area contributed by atoms with E-state index in [1.807, 2.05) is 36.6 Å². The van der Waals surface area contributed by atoms with Crippen LogP contribution in [0.5, 0.6) is 0 Å². The van der Waals surface area contributed by atoms with Gasteiger partial charge in [0, 0.05) is 31.8 Å². The fourth-order valence-electron chi connectivity index (χ4n) is 2.99. The zero-order chi connectivity index (χ0) is 21.1. The van der Waals surface area contributed by atoms with Gasteiger partial charge in [0.25, 0.3) is 5.91 Å². The highest BCUT2D eigenvalue weighted by Crippen LogP contribution is 2.25. The highest BCUT2D eigenvalue weighted by molar-refractivity contribution is 14.1. The van der Waals surface area contributed by atoms with Crippen molar-refractivity contribution in [2.75, 3.05) is 0 Å². The summed E-state index contributed by atoms with van der Waals surface area (Å²) in [4.78, 5) is 23.4. The maximum absolute atomic E-state index is 12.2. The van der Waals surface area contributed by atoms with Crippen molar-refractivity contribution in [3.8, 4) is 5.69 Å². The lowest BCUT2D eigenvalue weighted by atomic mass is 10.2. The van der Waals surface area contributed by atoms with Crippen LogP contribution in [0.25, 0.3) is 5.69 Å². The summed E-state index contributed by atoms with van der Waals surface area (Å²) in [7, 11) is 0. The van der Waals surface area contributed by atoms with Gasteiger partial charge in [-0.2, -0.15) is 5.10 Å². The highest BCUT2D eigenvalue weighted by atomic mass is 127. The Labute approximate surface area is 186 Å². The van der Waals surface area contributed by atoms with Crippen molar-refractivity contribution in [1.29, 1.82) is 0 Å². The van der Waals surface area contributed by atoms with Crippen LogP contribution in [0.15, 0.2) is 53.6 Å². The highest BCUT2D eigenvalue weighted by Gasteiger charge is 2.14. The SMILES string of the molecule is Cc1cc(/C=N\NC(=O)c2cccc(I)c2)c(C)n1-c1ccc(C(=O)O)c(Cl)c1. The molecule has 0 bridgehead atoms. The molecule has 148 valence electrons. The molecule has 3 rings (SSSR count). The largest absolute Gasteiger partial charge is 0.478 e. The van der Waals surface area contributed by atoms with Crippen molar-refractivity contribution in [1.82, 2.24) is 9.99 Å². The summed E-state index contributed by atoms with van der Waals surface area (Å²) < 4.78 is 2.91. The van der Waals surface area contributed by atoms with E-state index in [1.54, 1.807) is 30.5 Å². The third kappa shape index (κ3) is 4.68. The molecule has 6 nitrogen and oxygen atoms in total. The van der Waals surface area contributed by atoms with Crippen molar-refractivity contribution in [2.45, 2.75) is 13.8 Å². The second-order valence-corrected chi connectivity index (χ2v) is 7.99. The number of hydrogen-bond acceptors (Lipinski definition) is 3. The molecule has 0 spiro atoms. The fourth-order valence-corrected chi connectivity index (χ4v) is 3.79. The number of benzene rings is 2. The topological polar surface area (TPSA) is 83.7 Å². The summed E-state index contributed by atoms with van der Waals surface area (Å²) in [5, 5.41) is 13.4. The van der Waals surface area contributed by atoms with E-state index in [2.05, 4.69) is 33.1 Å². The Morgan fingerprint density at radius 1 is 1.17 bits per heavy atom. The number of aromatic nitrogens is 1. The van der Waals surface area contributed by atoms with Crippen LogP contribution in [0.3, 0.4) is 0 Å². The number of nitrogens with one attached hydrogen (secondary N) is 1. The van der Waals surface area contributed by atoms with E-state index in [1.165, 1.54) is 6.07 Å². The van der Waals surface area contributed by atoms with Crippen LogP contribution < -0.4 is 5.43 Å². The van der Waals surface area contributed by atoms with Crippen LogP contribution in [0, 0.1) is 17.4 Å². The molecule has 0 aliphatic carbocycles. The van der Waals surface area contributed by atoms with Gasteiger partial charge in [0.2, 0.25) is 0 Å². The molecule has 29 heavy (non-hydrogen) atoms. The van der Waals surface area contributed by atoms with E-state index in [-0.39, 0.29) is 16.5 Å². The normalized spacial score (nSPS) is 11.0. The molecular weight excluding hydrogens is 505 g/mol. The minimum Gasteiger partial charge on any atom is -0.478 e. The maximum atomic E-state index is 12.2. The van der Waals surface area contributed by atoms with Gasteiger partial charge in [0.05, 0.1) is 16.8 Å². The molecule has 0 aliphatic heterocycles. The zero-order valence-electron chi connectivity index (χ0n) is 15.6. The van der Waals surface area contributed by atoms with Gasteiger partial charge in [-0.05, 0) is 78.9 Å². The average molecular weight is 522 g/mol. The summed E-state index contributed by atoms with van der Waals surface area (Å²) in [6.07, 6.45) is 1.58. The predicted octanol–water partition coefficient (Wildman–Crippen LogP) is 4.81. The minimum absolute atomic E-state index is 0.0537. The Morgan fingerprint density at radius 3 is 2.59 bits per heavy atom. The number of nitrogens with zero attached hydrogens (tertiary/aromatic N) is 2. The standard InChI is InChI=1S/C21H17ClIN3O3/c1-12-8-15(11-24-25-20(27)14-4-3-5-16(23)9-14)13(2)26(12)17-6-7-18(21(28)29)19(22)10-17/h3-11H,1-2H3,(H,25,27)(H,28,29)/b24-11-. The minimum atomic E-state index is -1.07. The number of hydrogen-bond donors (Lipinski definition) is 2. The Kier molecular flexibility index (Phi) is 6.39. The predicted molar refractivity (Wildman–Crippen MR) is 121 cm³/mol. The third-order valence-electron chi connectivity index (χ3n) is 4.37. The first-order valence-corrected chi connectivity index (χ1v) is 10.0. The second kappa shape index (κ2) is 8.79. The fraction of sp³-hybridized carbons (Fsp3) is 0.0952. The molecule has 0 aliphatic rings. The molecule has 1 aromatic heterocycles. The van der Waals surface area contributed by atoms with Crippen molar-refractivity contribution in [2.24, 2.45) is 5.10 Å². The molecule has 2 N–H and O–H groups in total. The first kappa shape index (κ1) is 21.1. The molecule has 3 aromatic rings. The Hall–Kier alpha value is -2.65. The summed E-state index contributed by atoms with van der Waals surface area (Å²) in [6.45, 7) is 3.84. The molecule has 0 saturated heterocycles. The second-order valence-electron chi connectivity index (χ2n) is 6.34. The molecule has 0 saturated carbocycles. The van der Waals surface area contributed by atoms with Crippen LogP contribution >= 0.6 is 34.2 Å². The Balaban J connectivity index is 1.82. The van der Waals surface area contributed by atoms with Crippen molar-refractivity contribution in [3.63, 3.8) is 0 Å². The number of carboxylic acid groups (broad SMARTS) is 1. The molecule has 1 heterocycles. The average Bonchev–Trinajstić information content (AvgIpc) is 2.94. The van der Waals surface area contributed by atoms with Crippen LogP contribution in [0.2, 0.25) is 5.02 Å². The van der Waals surface area contributed by atoms with Gasteiger partial charge in [-0.15, -0.1) is 0 Å². The van der Waals surface area contributed by atoms with E-state index >= 15 is 0 Å². The summed E-state index contributed by atoms with van der Waals surface area (Å²) in [5.74, 6) is -1.36. The number of amides is 1. The third-order valence-corrected chi connectivity index (χ3v) is 5.35. The number of halogens is 2. The monoisotopic (exact) mass is 521 g/mol. The van der Waals surface area contributed by atoms with Crippen molar-refractivity contribution >= 4 is 52.3 Å². The zero-order valence-corrected chi connectivity index (χ0v) is 18.5. The molecule has 0 atom stereocenters. The summed E-state index contributed by atoms with van der Waals surface area (Å²) in [6, 6.07) is 14.0. The van der Waals surface area contributed by atoms with Crippen LogP contribution in [0.4, 0.5) is 0 Å². The van der Waals surface area contributed by atoms with Crippen molar-refractivity contribution < 1.29 is 14.7 Å². The van der Waals surface area contributed by atoms with Gasteiger partial charge in [-0.25, -0.2) is 10.2 Å². The molecule has 8 heteroatoms. The lowest BCUT2D eigenvalue weighted by molar-refractivity contribution is 0.0697. The summed E-state index contributed by atoms with van der Waals surface area (Å²) in [5.41, 5.74) is 6.50. The Bertz CT molecular complexity index is 1140. The van der Waals surface area contributed by atoms with Crippen LogP contribution in [-0.4, -0.2) is 27.8 Å². The quantitative estimate of drug-likeness (QED) is 0.287. The van der Waals surface area contributed by atoms with Gasteiger partial charge >= 0.3 is 5.97 Å². The number of carboxylic acids is 1. The van der Waals surface area contributed by atoms with Gasteiger partial charge in [0.15, 0.2) is 0 Å². The lowest BCUT2D eigenvalue weighted by Gasteiger charge is -2.11. The van der Waals surface area contributed by atoms with Crippen LogP contribution in [0.1, 0.15) is 37.7 Å². The molecule has 0 radical (unpaired) electrons. The number of carbonyl (C=O) groups excluding carboxylic acids is 1. The van der Waals surface area contributed by atoms with E-state index < -0.39 is 5.97 Å². The van der Waals surface area contributed by atoms with Crippen LogP contribution in [-0.2, 0) is 0 Å². The molecule has 2 aromatic carbocycles. The van der Waals surface area contributed by atoms with E-state index in [9.17, 15) is 9.59 Å². The van der Waals surface area contributed by atoms with Gasteiger partial charge in [-0.3, -0.25) is 4.79 Å². The maximum Gasteiger partial charge on any atom is 0.337 e. The first-order chi connectivity index (χ1) is 13.8. The van der Waals surface area contributed by atoms with Gasteiger partial charge in [-0.1, -0.05) is 17.7 Å². The number of hydrazone groups is 1. The first-order valence-electron chi connectivity index (χ1n) is 8.59. The van der Waals surface area contributed by atoms with Gasteiger partial charge < -0.3 is 9.67 Å². The number of aryl methyl sites for hydroxylation is 1. The Morgan fingerprint density at radius 2 is 1.93 bits per heavy atom.